The van der Waals surface area contributed by atoms with E-state index in [1.165, 1.54) is 23.1 Å². The summed E-state index contributed by atoms with van der Waals surface area (Å²) in [6.45, 7) is 2.98. The molecule has 0 fully saturated rings. The first kappa shape index (κ1) is 27.5. The van der Waals surface area contributed by atoms with Crippen LogP contribution in [0.15, 0.2) is 88.2 Å². The molecule has 0 radical (unpaired) electrons. The molecule has 3 aromatic rings. The molecule has 8 nitrogen and oxygen atoms in total. The number of hydrogen-bond donors (Lipinski definition) is 1. The first-order valence-corrected chi connectivity index (χ1v) is 14.4. The number of sulfonamides is 1. The Morgan fingerprint density at radius 3 is 2.18 bits per heavy atom. The van der Waals surface area contributed by atoms with Gasteiger partial charge in [-0.25, -0.2) is 12.7 Å². The third-order valence-corrected chi connectivity index (χ3v) is 8.47. The highest BCUT2D eigenvalue weighted by molar-refractivity contribution is 9.10. The number of fused-ring (bicyclic) bond motifs is 1. The third kappa shape index (κ3) is 5.97. The zero-order chi connectivity index (χ0) is 27.4. The van der Waals surface area contributed by atoms with E-state index in [-0.39, 0.29) is 35.4 Å². The molecular formula is C28H28BrN3O5S. The fourth-order valence-corrected chi connectivity index (χ4v) is 6.10. The van der Waals surface area contributed by atoms with Crippen molar-refractivity contribution in [1.82, 2.24) is 14.5 Å². The molecule has 0 aliphatic carbocycles. The number of amides is 3. The summed E-state index contributed by atoms with van der Waals surface area (Å²) in [5, 5.41) is 2.89. The van der Waals surface area contributed by atoms with Crippen molar-refractivity contribution in [2.45, 2.75) is 43.8 Å². The monoisotopic (exact) mass is 597 g/mol. The maximum absolute atomic E-state index is 13.9. The molecule has 1 heterocycles. The van der Waals surface area contributed by atoms with Gasteiger partial charge in [-0.3, -0.25) is 14.4 Å². The average Bonchev–Trinajstić information content (AvgIpc) is 3.08. The highest BCUT2D eigenvalue weighted by Crippen LogP contribution is 2.30. The van der Waals surface area contributed by atoms with E-state index in [0.717, 1.165) is 15.6 Å². The summed E-state index contributed by atoms with van der Waals surface area (Å²) in [6, 6.07) is 21.3. The van der Waals surface area contributed by atoms with E-state index in [2.05, 4.69) is 21.2 Å². The number of nitrogens with one attached hydrogen (secondary N) is 1. The Morgan fingerprint density at radius 1 is 0.921 bits per heavy atom. The molecule has 4 rings (SSSR count). The molecule has 0 aromatic heterocycles. The Balaban J connectivity index is 1.71. The lowest BCUT2D eigenvalue weighted by molar-refractivity contribution is -0.141. The van der Waals surface area contributed by atoms with Crippen LogP contribution in [0.1, 0.15) is 35.3 Å². The van der Waals surface area contributed by atoms with Gasteiger partial charge in [-0.05, 0) is 49.2 Å². The van der Waals surface area contributed by atoms with Gasteiger partial charge >= 0.3 is 0 Å². The van der Waals surface area contributed by atoms with Gasteiger partial charge < -0.3 is 10.2 Å². The maximum Gasteiger partial charge on any atom is 0.269 e. The van der Waals surface area contributed by atoms with Gasteiger partial charge in [0.25, 0.3) is 15.9 Å². The number of carbonyl (C=O) groups excluding carboxylic acids is 3. The second-order valence-electron chi connectivity index (χ2n) is 9.33. The molecule has 3 aromatic carbocycles. The van der Waals surface area contributed by atoms with Gasteiger partial charge in [0.1, 0.15) is 17.5 Å². The van der Waals surface area contributed by atoms with Gasteiger partial charge in [0.05, 0.1) is 5.56 Å². The molecule has 0 bridgehead atoms. The van der Waals surface area contributed by atoms with Crippen LogP contribution in [0.25, 0.3) is 0 Å². The summed E-state index contributed by atoms with van der Waals surface area (Å²) in [7, 11) is -4.20. The van der Waals surface area contributed by atoms with Crippen molar-refractivity contribution >= 4 is 43.7 Å². The third-order valence-electron chi connectivity index (χ3n) is 6.16. The van der Waals surface area contributed by atoms with Gasteiger partial charge in [-0.2, -0.15) is 0 Å². The van der Waals surface area contributed by atoms with E-state index in [0.29, 0.717) is 4.31 Å². The first-order valence-electron chi connectivity index (χ1n) is 12.1. The molecule has 0 saturated carbocycles. The van der Waals surface area contributed by atoms with Crippen LogP contribution in [-0.2, 0) is 32.6 Å². The fourth-order valence-electron chi connectivity index (χ4n) is 4.32. The van der Waals surface area contributed by atoms with E-state index in [1.807, 2.05) is 68.4 Å². The smallest absolute Gasteiger partial charge is 0.269 e. The SMILES string of the molecule is CC(C)NC(=O)[C@H](Cc1ccccc1)N(Cc1ccc(Br)cc1)C(=O)CN1C(=O)c2ccccc2S1(=O)=O. The Hall–Kier alpha value is -3.50. The van der Waals surface area contributed by atoms with Gasteiger partial charge in [0.15, 0.2) is 0 Å². The number of carbonyl (C=O) groups is 3. The van der Waals surface area contributed by atoms with Gasteiger partial charge in [0.2, 0.25) is 11.8 Å². The molecule has 38 heavy (non-hydrogen) atoms. The van der Waals surface area contributed by atoms with Crippen molar-refractivity contribution in [3.8, 4) is 0 Å². The minimum absolute atomic E-state index is 0.0261. The van der Waals surface area contributed by atoms with Crippen molar-refractivity contribution in [3.05, 3.63) is 100 Å². The lowest BCUT2D eigenvalue weighted by Gasteiger charge is -2.33. The molecule has 1 aliphatic heterocycles. The molecule has 3 amide bonds. The summed E-state index contributed by atoms with van der Waals surface area (Å²) >= 11 is 3.40. The number of nitrogens with zero attached hydrogens (tertiary/aromatic N) is 2. The van der Waals surface area contributed by atoms with Gasteiger partial charge in [-0.15, -0.1) is 0 Å². The van der Waals surface area contributed by atoms with Crippen LogP contribution >= 0.6 is 15.9 Å². The zero-order valence-corrected chi connectivity index (χ0v) is 23.4. The van der Waals surface area contributed by atoms with Crippen LogP contribution in [0.2, 0.25) is 0 Å². The van der Waals surface area contributed by atoms with Crippen LogP contribution in [0.4, 0.5) is 0 Å². The van der Waals surface area contributed by atoms with Crippen LogP contribution in [0.5, 0.6) is 0 Å². The molecule has 1 atom stereocenters. The molecule has 0 spiro atoms. The van der Waals surface area contributed by atoms with Gasteiger partial charge in [-0.1, -0.05) is 70.5 Å². The lowest BCUT2D eigenvalue weighted by Crippen LogP contribution is -2.54. The Labute approximate surface area is 230 Å². The number of rotatable bonds is 9. The second-order valence-corrected chi connectivity index (χ2v) is 12.1. The van der Waals surface area contributed by atoms with Crippen LogP contribution in [-0.4, -0.2) is 54.0 Å². The summed E-state index contributed by atoms with van der Waals surface area (Å²) in [4.78, 5) is 41.5. The minimum Gasteiger partial charge on any atom is -0.352 e. The van der Waals surface area contributed by atoms with Crippen molar-refractivity contribution in [3.63, 3.8) is 0 Å². The zero-order valence-electron chi connectivity index (χ0n) is 21.0. The fraction of sp³-hybridized carbons (Fsp3) is 0.250. The summed E-state index contributed by atoms with van der Waals surface area (Å²) in [6.07, 6.45) is 0.211. The number of benzene rings is 3. The van der Waals surface area contributed by atoms with Crippen LogP contribution in [0, 0.1) is 0 Å². The molecule has 1 N–H and O–H groups in total. The van der Waals surface area contributed by atoms with E-state index in [9.17, 15) is 22.8 Å². The first-order chi connectivity index (χ1) is 18.1. The highest BCUT2D eigenvalue weighted by atomic mass is 79.9. The highest BCUT2D eigenvalue weighted by Gasteiger charge is 2.43. The molecule has 0 saturated heterocycles. The number of hydrogen-bond acceptors (Lipinski definition) is 5. The van der Waals surface area contributed by atoms with Crippen LogP contribution < -0.4 is 5.32 Å². The summed E-state index contributed by atoms with van der Waals surface area (Å²) < 4.78 is 27.7. The van der Waals surface area contributed by atoms with E-state index in [1.54, 1.807) is 6.07 Å². The normalized spacial score (nSPS) is 14.7. The van der Waals surface area contributed by atoms with Gasteiger partial charge in [0, 0.05) is 23.5 Å². The standard InChI is InChI=1S/C28H28BrN3O5S/c1-19(2)30-27(34)24(16-20-8-4-3-5-9-20)31(17-21-12-14-22(29)15-13-21)26(33)18-32-28(35)23-10-6-7-11-25(23)38(32,36)37/h3-15,19,24H,16-18H2,1-2H3,(H,30,34)/t24-/m0/s1. The Morgan fingerprint density at radius 2 is 1.55 bits per heavy atom. The molecular weight excluding hydrogens is 570 g/mol. The Kier molecular flexibility index (Phi) is 8.32. The summed E-state index contributed by atoms with van der Waals surface area (Å²) in [5.41, 5.74) is 1.61. The molecule has 1 aliphatic rings. The predicted octanol–water partition coefficient (Wildman–Crippen LogP) is 3.76. The minimum atomic E-state index is -4.20. The largest absolute Gasteiger partial charge is 0.352 e. The van der Waals surface area contributed by atoms with E-state index < -0.39 is 34.4 Å². The van der Waals surface area contributed by atoms with E-state index >= 15 is 0 Å². The molecule has 198 valence electrons. The quantitative estimate of drug-likeness (QED) is 0.404. The summed E-state index contributed by atoms with van der Waals surface area (Å²) in [5.74, 6) is -1.78. The van der Waals surface area contributed by atoms with Crippen molar-refractivity contribution in [1.29, 1.82) is 0 Å². The molecule has 0 unspecified atom stereocenters. The molecule has 10 heteroatoms. The number of halogens is 1. The lowest BCUT2D eigenvalue weighted by atomic mass is 10.0. The van der Waals surface area contributed by atoms with E-state index in [4.69, 9.17) is 0 Å². The Bertz CT molecular complexity index is 1440. The second kappa shape index (κ2) is 11.5. The maximum atomic E-state index is 13.9. The average molecular weight is 599 g/mol. The van der Waals surface area contributed by atoms with Crippen molar-refractivity contribution in [2.75, 3.05) is 6.54 Å². The van der Waals surface area contributed by atoms with Crippen molar-refractivity contribution in [2.24, 2.45) is 0 Å². The predicted molar refractivity (Wildman–Crippen MR) is 147 cm³/mol. The van der Waals surface area contributed by atoms with Crippen molar-refractivity contribution < 1.29 is 22.8 Å². The van der Waals surface area contributed by atoms with Crippen LogP contribution in [0.3, 0.4) is 0 Å². The topological polar surface area (TPSA) is 104 Å².